The minimum absolute atomic E-state index is 0.0494. The summed E-state index contributed by atoms with van der Waals surface area (Å²) in [5, 5.41) is 2.29. The van der Waals surface area contributed by atoms with Crippen LogP contribution in [0.5, 0.6) is 0 Å². The molecule has 0 unspecified atom stereocenters. The van der Waals surface area contributed by atoms with Gasteiger partial charge in [-0.1, -0.05) is 0 Å². The zero-order valence-electron chi connectivity index (χ0n) is 16.8. The summed E-state index contributed by atoms with van der Waals surface area (Å²) < 4.78 is 9.60. The minimum atomic E-state index is -0.816. The largest absolute Gasteiger partial charge is 0.459 e. The molecule has 0 bridgehead atoms. The first-order valence-electron chi connectivity index (χ1n) is 9.36. The molecule has 0 fully saturated rings. The number of hydrogen-bond acceptors (Lipinski definition) is 7. The predicted molar refractivity (Wildman–Crippen MR) is 108 cm³/mol. The molecule has 0 atom stereocenters. The van der Waals surface area contributed by atoms with Crippen molar-refractivity contribution in [1.82, 2.24) is 16.2 Å². The third kappa shape index (κ3) is 6.66. The number of ether oxygens (including phenoxy) is 1. The second kappa shape index (κ2) is 11.2. The molecule has 2 aromatic rings. The normalized spacial score (nSPS) is 10.1. The number of carbonyl (C=O) groups excluding carboxylic acids is 4. The summed E-state index contributed by atoms with van der Waals surface area (Å²) in [4.78, 5) is 49.1. The number of benzene rings is 1. The van der Waals surface area contributed by atoms with Gasteiger partial charge in [-0.2, -0.15) is 0 Å². The van der Waals surface area contributed by atoms with Gasteiger partial charge in [0.25, 0.3) is 17.7 Å². The fourth-order valence-corrected chi connectivity index (χ4v) is 2.49. The van der Waals surface area contributed by atoms with Gasteiger partial charge in [0.15, 0.2) is 12.4 Å². The Labute approximate surface area is 173 Å². The van der Waals surface area contributed by atoms with E-state index in [0.717, 1.165) is 18.8 Å². The summed E-state index contributed by atoms with van der Waals surface area (Å²) in [6.07, 6.45) is 1.32. The van der Waals surface area contributed by atoms with Crippen LogP contribution in [0.2, 0.25) is 0 Å². The zero-order valence-corrected chi connectivity index (χ0v) is 16.8. The lowest BCUT2D eigenvalue weighted by molar-refractivity contribution is -0.147. The van der Waals surface area contributed by atoms with Crippen molar-refractivity contribution in [1.29, 1.82) is 0 Å². The second-order valence-electron chi connectivity index (χ2n) is 6.04. The second-order valence-corrected chi connectivity index (χ2v) is 6.04. The van der Waals surface area contributed by atoms with Crippen molar-refractivity contribution in [2.24, 2.45) is 0 Å². The molecular weight excluding hydrogens is 392 g/mol. The molecule has 0 aliphatic rings. The first-order chi connectivity index (χ1) is 14.4. The van der Waals surface area contributed by atoms with Gasteiger partial charge >= 0.3 is 5.97 Å². The standard InChI is InChI=1S/C20H24N4O6/c1-3-24(4-2)15-9-7-14(8-10-15)19(27)23-22-17(25)13-30-18(26)12-21-20(28)16-6-5-11-29-16/h5-11H,3-4,12-13H2,1-2H3,(H,21,28)(H,22,25)(H,23,27). The summed E-state index contributed by atoms with van der Waals surface area (Å²) in [7, 11) is 0. The Bertz CT molecular complexity index is 860. The van der Waals surface area contributed by atoms with E-state index in [2.05, 4.69) is 21.1 Å². The lowest BCUT2D eigenvalue weighted by atomic mass is 10.2. The van der Waals surface area contributed by atoms with Gasteiger partial charge in [0.05, 0.1) is 6.26 Å². The van der Waals surface area contributed by atoms with Crippen LogP contribution in [0.25, 0.3) is 0 Å². The molecule has 0 radical (unpaired) electrons. The van der Waals surface area contributed by atoms with Crippen LogP contribution in [0.4, 0.5) is 5.69 Å². The first kappa shape index (κ1) is 22.5. The SMILES string of the molecule is CCN(CC)c1ccc(C(=O)NNC(=O)COC(=O)CNC(=O)c2ccco2)cc1. The van der Waals surface area contributed by atoms with Crippen molar-refractivity contribution >= 4 is 29.4 Å². The fraction of sp³-hybridized carbons (Fsp3) is 0.300. The predicted octanol–water partition coefficient (Wildman–Crippen LogP) is 0.860. The Balaban J connectivity index is 1.69. The Morgan fingerprint density at radius 1 is 0.967 bits per heavy atom. The van der Waals surface area contributed by atoms with Crippen LogP contribution in [0.15, 0.2) is 47.1 Å². The van der Waals surface area contributed by atoms with Gasteiger partial charge in [-0.05, 0) is 50.2 Å². The van der Waals surface area contributed by atoms with Crippen molar-refractivity contribution in [3.8, 4) is 0 Å². The molecule has 0 aliphatic heterocycles. The summed E-state index contributed by atoms with van der Waals surface area (Å²) in [6.45, 7) is 4.74. The smallest absolute Gasteiger partial charge is 0.325 e. The van der Waals surface area contributed by atoms with Gasteiger partial charge in [-0.3, -0.25) is 30.0 Å². The number of amides is 3. The van der Waals surface area contributed by atoms with Crippen molar-refractivity contribution in [3.63, 3.8) is 0 Å². The molecule has 0 spiro atoms. The molecule has 1 aromatic carbocycles. The molecule has 10 heteroatoms. The molecular formula is C20H24N4O6. The van der Waals surface area contributed by atoms with E-state index in [1.165, 1.54) is 18.4 Å². The first-order valence-corrected chi connectivity index (χ1v) is 9.36. The molecule has 10 nitrogen and oxygen atoms in total. The highest BCUT2D eigenvalue weighted by atomic mass is 16.5. The number of carbonyl (C=O) groups is 4. The lowest BCUT2D eigenvalue weighted by Gasteiger charge is -2.21. The molecule has 2 rings (SSSR count). The molecule has 160 valence electrons. The van der Waals surface area contributed by atoms with Gasteiger partial charge < -0.3 is 19.4 Å². The third-order valence-corrected chi connectivity index (χ3v) is 4.08. The summed E-state index contributed by atoms with van der Waals surface area (Å²) in [5.74, 6) is -2.59. The number of furan rings is 1. The Morgan fingerprint density at radius 2 is 1.67 bits per heavy atom. The van der Waals surface area contributed by atoms with E-state index in [9.17, 15) is 19.2 Å². The molecule has 3 N–H and O–H groups in total. The quantitative estimate of drug-likeness (QED) is 0.408. The van der Waals surface area contributed by atoms with E-state index in [4.69, 9.17) is 9.15 Å². The molecule has 1 heterocycles. The van der Waals surface area contributed by atoms with E-state index in [1.54, 1.807) is 12.1 Å². The fourth-order valence-electron chi connectivity index (χ4n) is 2.49. The Morgan fingerprint density at radius 3 is 2.27 bits per heavy atom. The maximum atomic E-state index is 12.1. The Kier molecular flexibility index (Phi) is 8.42. The van der Waals surface area contributed by atoms with E-state index in [0.29, 0.717) is 5.56 Å². The van der Waals surface area contributed by atoms with Crippen LogP contribution in [-0.2, 0) is 14.3 Å². The zero-order chi connectivity index (χ0) is 21.9. The van der Waals surface area contributed by atoms with Gasteiger partial charge in [0.1, 0.15) is 6.54 Å². The Hall–Kier alpha value is -3.82. The van der Waals surface area contributed by atoms with E-state index < -0.39 is 36.8 Å². The van der Waals surface area contributed by atoms with E-state index >= 15 is 0 Å². The van der Waals surface area contributed by atoms with Crippen molar-refractivity contribution in [3.05, 3.63) is 54.0 Å². The maximum Gasteiger partial charge on any atom is 0.325 e. The number of rotatable bonds is 9. The van der Waals surface area contributed by atoms with Crippen LogP contribution in [0.3, 0.4) is 0 Å². The van der Waals surface area contributed by atoms with Crippen LogP contribution >= 0.6 is 0 Å². The highest BCUT2D eigenvalue weighted by molar-refractivity contribution is 5.96. The van der Waals surface area contributed by atoms with Crippen LogP contribution in [0, 0.1) is 0 Å². The van der Waals surface area contributed by atoms with Crippen LogP contribution in [0.1, 0.15) is 34.8 Å². The lowest BCUT2D eigenvalue weighted by Crippen LogP contribution is -2.44. The summed E-state index contributed by atoms with van der Waals surface area (Å²) in [6, 6.07) is 9.91. The van der Waals surface area contributed by atoms with Gasteiger partial charge in [0, 0.05) is 24.3 Å². The van der Waals surface area contributed by atoms with Crippen LogP contribution < -0.4 is 21.1 Å². The topological polar surface area (TPSA) is 130 Å². The minimum Gasteiger partial charge on any atom is -0.459 e. The van der Waals surface area contributed by atoms with Crippen molar-refractivity contribution in [2.45, 2.75) is 13.8 Å². The van der Waals surface area contributed by atoms with Gasteiger partial charge in [-0.25, -0.2) is 0 Å². The van der Waals surface area contributed by atoms with Crippen molar-refractivity contribution in [2.75, 3.05) is 31.1 Å². The molecule has 3 amide bonds. The summed E-state index contributed by atoms with van der Waals surface area (Å²) in [5.41, 5.74) is 5.75. The molecule has 0 aliphatic carbocycles. The third-order valence-electron chi connectivity index (χ3n) is 4.08. The highest BCUT2D eigenvalue weighted by Gasteiger charge is 2.13. The number of nitrogens with zero attached hydrogens (tertiary/aromatic N) is 1. The van der Waals surface area contributed by atoms with Crippen LogP contribution in [-0.4, -0.2) is 49.9 Å². The summed E-state index contributed by atoms with van der Waals surface area (Å²) >= 11 is 0. The van der Waals surface area contributed by atoms with E-state index in [-0.39, 0.29) is 5.76 Å². The maximum absolute atomic E-state index is 12.1. The monoisotopic (exact) mass is 416 g/mol. The van der Waals surface area contributed by atoms with Gasteiger partial charge in [0.2, 0.25) is 0 Å². The number of hydrazine groups is 1. The molecule has 1 aromatic heterocycles. The molecule has 0 saturated carbocycles. The molecule has 30 heavy (non-hydrogen) atoms. The number of anilines is 1. The average Bonchev–Trinajstić information content (AvgIpc) is 3.30. The number of hydrogen-bond donors (Lipinski definition) is 3. The average molecular weight is 416 g/mol. The van der Waals surface area contributed by atoms with E-state index in [1.807, 2.05) is 26.0 Å². The van der Waals surface area contributed by atoms with Gasteiger partial charge in [-0.15, -0.1) is 0 Å². The molecule has 0 saturated heterocycles. The number of esters is 1. The van der Waals surface area contributed by atoms with Crippen molar-refractivity contribution < 1.29 is 28.3 Å². The number of nitrogens with one attached hydrogen (secondary N) is 3. The highest BCUT2D eigenvalue weighted by Crippen LogP contribution is 2.14.